The molecule has 1 saturated heterocycles. The minimum atomic E-state index is 0.401. The fraction of sp³-hybridized carbons (Fsp3) is 0.538. The molecule has 1 aromatic carbocycles. The molecule has 16 heavy (non-hydrogen) atoms. The van der Waals surface area contributed by atoms with Crippen molar-refractivity contribution in [2.45, 2.75) is 19.8 Å². The lowest BCUT2D eigenvalue weighted by Gasteiger charge is -2.42. The summed E-state index contributed by atoms with van der Waals surface area (Å²) in [5.41, 5.74) is 1.62. The Kier molecular flexibility index (Phi) is 3.41. The smallest absolute Gasteiger partial charge is 0.122 e. The molecule has 1 fully saturated rings. The second kappa shape index (κ2) is 4.64. The van der Waals surface area contributed by atoms with Crippen molar-refractivity contribution in [2.75, 3.05) is 20.2 Å². The van der Waals surface area contributed by atoms with Crippen LogP contribution in [0.15, 0.2) is 18.2 Å². The summed E-state index contributed by atoms with van der Waals surface area (Å²) in [6, 6.07) is 5.85. The average molecular weight is 240 g/mol. The third-order valence-electron chi connectivity index (χ3n) is 3.56. The summed E-state index contributed by atoms with van der Waals surface area (Å²) in [7, 11) is 1.71. The molecule has 1 aliphatic rings. The summed E-state index contributed by atoms with van der Waals surface area (Å²) < 4.78 is 5.38. The Balaban J connectivity index is 2.22. The highest BCUT2D eigenvalue weighted by Gasteiger charge is 2.35. The molecule has 2 rings (SSSR count). The minimum absolute atomic E-state index is 0.401. The van der Waals surface area contributed by atoms with E-state index in [1.54, 1.807) is 7.11 Å². The van der Waals surface area contributed by atoms with Gasteiger partial charge in [-0.3, -0.25) is 0 Å². The van der Waals surface area contributed by atoms with Gasteiger partial charge < -0.3 is 10.1 Å². The molecule has 0 spiro atoms. The van der Waals surface area contributed by atoms with Crippen molar-refractivity contribution in [1.82, 2.24) is 5.32 Å². The van der Waals surface area contributed by atoms with E-state index in [1.807, 2.05) is 18.2 Å². The van der Waals surface area contributed by atoms with Gasteiger partial charge in [-0.1, -0.05) is 18.5 Å². The van der Waals surface area contributed by atoms with Gasteiger partial charge in [-0.15, -0.1) is 0 Å². The van der Waals surface area contributed by atoms with Crippen LogP contribution in [0.4, 0.5) is 0 Å². The third kappa shape index (κ3) is 2.18. The van der Waals surface area contributed by atoms with Crippen molar-refractivity contribution in [1.29, 1.82) is 0 Å². The molecule has 1 N–H and O–H groups in total. The first-order chi connectivity index (χ1) is 7.69. The molecular weight excluding hydrogens is 222 g/mol. The molecule has 0 radical (unpaired) electrons. The average Bonchev–Trinajstić information content (AvgIpc) is 2.24. The molecule has 0 saturated carbocycles. The summed E-state index contributed by atoms with van der Waals surface area (Å²) >= 11 is 6.04. The van der Waals surface area contributed by atoms with E-state index in [2.05, 4.69) is 12.2 Å². The fourth-order valence-electron chi connectivity index (χ4n) is 2.27. The van der Waals surface area contributed by atoms with Gasteiger partial charge in [-0.25, -0.2) is 0 Å². The molecule has 1 heterocycles. The first kappa shape index (κ1) is 11.7. The van der Waals surface area contributed by atoms with E-state index < -0.39 is 0 Å². The van der Waals surface area contributed by atoms with E-state index in [0.29, 0.717) is 5.41 Å². The Morgan fingerprint density at radius 3 is 2.69 bits per heavy atom. The van der Waals surface area contributed by atoms with Gasteiger partial charge in [0.2, 0.25) is 0 Å². The van der Waals surface area contributed by atoms with Gasteiger partial charge >= 0.3 is 0 Å². The first-order valence-corrected chi connectivity index (χ1v) is 6.10. The highest BCUT2D eigenvalue weighted by Crippen LogP contribution is 2.35. The summed E-state index contributed by atoms with van der Waals surface area (Å²) in [6.45, 7) is 4.44. The Hall–Kier alpha value is -0.730. The number of halogens is 1. The quantitative estimate of drug-likeness (QED) is 0.873. The van der Waals surface area contributed by atoms with Crippen molar-refractivity contribution in [3.05, 3.63) is 28.8 Å². The van der Waals surface area contributed by atoms with Crippen LogP contribution in [0.5, 0.6) is 5.75 Å². The van der Waals surface area contributed by atoms with Gasteiger partial charge in [-0.2, -0.15) is 0 Å². The molecule has 0 bridgehead atoms. The van der Waals surface area contributed by atoms with Gasteiger partial charge in [0.05, 0.1) is 7.11 Å². The van der Waals surface area contributed by atoms with Crippen molar-refractivity contribution >= 4 is 11.6 Å². The van der Waals surface area contributed by atoms with Crippen molar-refractivity contribution in [3.63, 3.8) is 0 Å². The maximum atomic E-state index is 6.04. The molecule has 0 atom stereocenters. The predicted molar refractivity (Wildman–Crippen MR) is 67.3 cm³/mol. The predicted octanol–water partition coefficient (Wildman–Crippen LogP) is 2.89. The van der Waals surface area contributed by atoms with Crippen LogP contribution in [0, 0.1) is 5.41 Å². The second-order valence-corrected chi connectivity index (χ2v) is 5.03. The van der Waals surface area contributed by atoms with E-state index in [0.717, 1.165) is 30.3 Å². The lowest BCUT2D eigenvalue weighted by molar-refractivity contribution is 0.159. The number of benzene rings is 1. The van der Waals surface area contributed by atoms with E-state index >= 15 is 0 Å². The SMILES string of the molecule is CCC1(Cc2cc(Cl)ccc2OC)CNC1. The molecule has 3 heteroatoms. The van der Waals surface area contributed by atoms with Crippen LogP contribution in [0.2, 0.25) is 5.02 Å². The third-order valence-corrected chi connectivity index (χ3v) is 3.79. The standard InChI is InChI=1S/C13H18ClNO/c1-3-13(8-15-9-13)7-10-6-11(14)4-5-12(10)16-2/h4-6,15H,3,7-9H2,1-2H3. The normalized spacial score (nSPS) is 17.9. The van der Waals surface area contributed by atoms with E-state index in [-0.39, 0.29) is 0 Å². The molecule has 0 unspecified atom stereocenters. The molecule has 88 valence electrons. The summed E-state index contributed by atoms with van der Waals surface area (Å²) in [4.78, 5) is 0. The topological polar surface area (TPSA) is 21.3 Å². The van der Waals surface area contributed by atoms with Crippen LogP contribution in [0.25, 0.3) is 0 Å². The van der Waals surface area contributed by atoms with Gasteiger partial charge in [0, 0.05) is 18.1 Å². The largest absolute Gasteiger partial charge is 0.496 e. The Bertz CT molecular complexity index is 369. The van der Waals surface area contributed by atoms with Crippen LogP contribution >= 0.6 is 11.6 Å². The number of rotatable bonds is 4. The van der Waals surface area contributed by atoms with Gasteiger partial charge in [-0.05, 0) is 42.0 Å². The minimum Gasteiger partial charge on any atom is -0.496 e. The van der Waals surface area contributed by atoms with Crippen LogP contribution in [0.3, 0.4) is 0 Å². The molecular formula is C13H18ClNO. The number of hydrogen-bond donors (Lipinski definition) is 1. The van der Waals surface area contributed by atoms with E-state index in [1.165, 1.54) is 12.0 Å². The van der Waals surface area contributed by atoms with Crippen LogP contribution in [0.1, 0.15) is 18.9 Å². The van der Waals surface area contributed by atoms with E-state index in [4.69, 9.17) is 16.3 Å². The Morgan fingerprint density at radius 2 is 2.19 bits per heavy atom. The molecule has 1 aromatic rings. The van der Waals surface area contributed by atoms with E-state index in [9.17, 15) is 0 Å². The maximum Gasteiger partial charge on any atom is 0.122 e. The number of hydrogen-bond acceptors (Lipinski definition) is 2. The Morgan fingerprint density at radius 1 is 1.44 bits per heavy atom. The highest BCUT2D eigenvalue weighted by atomic mass is 35.5. The fourth-order valence-corrected chi connectivity index (χ4v) is 2.46. The van der Waals surface area contributed by atoms with Crippen molar-refractivity contribution < 1.29 is 4.74 Å². The monoisotopic (exact) mass is 239 g/mol. The Labute approximate surface area is 102 Å². The number of methoxy groups -OCH3 is 1. The number of nitrogens with one attached hydrogen (secondary N) is 1. The summed E-state index contributed by atoms with van der Waals surface area (Å²) in [6.07, 6.45) is 2.23. The molecule has 0 aromatic heterocycles. The van der Waals surface area contributed by atoms with Crippen LogP contribution in [-0.4, -0.2) is 20.2 Å². The lowest BCUT2D eigenvalue weighted by Crippen LogP contribution is -2.54. The van der Waals surface area contributed by atoms with Gasteiger partial charge in [0.25, 0.3) is 0 Å². The van der Waals surface area contributed by atoms with Gasteiger partial charge in [0.1, 0.15) is 5.75 Å². The van der Waals surface area contributed by atoms with Crippen molar-refractivity contribution in [3.8, 4) is 5.75 Å². The second-order valence-electron chi connectivity index (χ2n) is 4.59. The van der Waals surface area contributed by atoms with Crippen molar-refractivity contribution in [2.24, 2.45) is 5.41 Å². The molecule has 1 aliphatic heterocycles. The summed E-state index contributed by atoms with van der Waals surface area (Å²) in [5, 5.41) is 4.14. The van der Waals surface area contributed by atoms with Crippen LogP contribution < -0.4 is 10.1 Å². The molecule has 0 amide bonds. The maximum absolute atomic E-state index is 6.04. The zero-order valence-electron chi connectivity index (χ0n) is 9.85. The molecule has 0 aliphatic carbocycles. The number of ether oxygens (including phenoxy) is 1. The zero-order chi connectivity index (χ0) is 11.6. The van der Waals surface area contributed by atoms with Gasteiger partial charge in [0.15, 0.2) is 0 Å². The first-order valence-electron chi connectivity index (χ1n) is 5.72. The highest BCUT2D eigenvalue weighted by molar-refractivity contribution is 6.30. The van der Waals surface area contributed by atoms with Crippen LogP contribution in [-0.2, 0) is 6.42 Å². The molecule has 2 nitrogen and oxygen atoms in total. The lowest BCUT2D eigenvalue weighted by atomic mass is 9.74. The zero-order valence-corrected chi connectivity index (χ0v) is 10.6. The summed E-state index contributed by atoms with van der Waals surface area (Å²) in [5.74, 6) is 0.948.